The van der Waals surface area contributed by atoms with E-state index in [2.05, 4.69) is 10.6 Å². The number of hydrogen-bond acceptors (Lipinski definition) is 5. The van der Waals surface area contributed by atoms with Crippen LogP contribution in [0.4, 0.5) is 4.79 Å². The zero-order valence-corrected chi connectivity index (χ0v) is 15.8. The fraction of sp³-hybridized carbons (Fsp3) is 0.368. The first-order valence-electron chi connectivity index (χ1n) is 8.52. The van der Waals surface area contributed by atoms with Crippen molar-refractivity contribution in [2.75, 3.05) is 33.4 Å². The summed E-state index contributed by atoms with van der Waals surface area (Å²) in [4.78, 5) is 27.2. The third kappa shape index (κ3) is 7.77. The molecule has 1 aromatic heterocycles. The number of hydrogen-bond donors (Lipinski definition) is 2. The number of urea groups is 1. The maximum Gasteiger partial charge on any atom is 0.321 e. The van der Waals surface area contributed by atoms with Gasteiger partial charge in [-0.15, -0.1) is 11.3 Å². The Hall–Kier alpha value is -2.22. The molecule has 3 amide bonds. The number of carbonyl (C=O) groups is 2. The summed E-state index contributed by atoms with van der Waals surface area (Å²) in [6, 6.07) is 13.4. The van der Waals surface area contributed by atoms with Crippen LogP contribution in [0.2, 0.25) is 0 Å². The number of amides is 3. The second-order valence-electron chi connectivity index (χ2n) is 5.82. The van der Waals surface area contributed by atoms with Crippen LogP contribution in [0.5, 0.6) is 0 Å². The minimum absolute atomic E-state index is 0.136. The smallest absolute Gasteiger partial charge is 0.321 e. The number of nitrogens with zero attached hydrogens (tertiary/aromatic N) is 1. The molecule has 0 bridgehead atoms. The molecule has 0 unspecified atom stereocenters. The Morgan fingerprint density at radius 1 is 1.15 bits per heavy atom. The Bertz CT molecular complexity index is 662. The first-order chi connectivity index (χ1) is 12.7. The molecule has 0 fully saturated rings. The van der Waals surface area contributed by atoms with Gasteiger partial charge in [0.15, 0.2) is 0 Å². The van der Waals surface area contributed by atoms with Crippen molar-refractivity contribution in [1.29, 1.82) is 0 Å². The zero-order valence-electron chi connectivity index (χ0n) is 14.9. The molecule has 0 saturated heterocycles. The minimum Gasteiger partial charge on any atom is -0.383 e. The van der Waals surface area contributed by atoms with Crippen LogP contribution in [0.3, 0.4) is 0 Å². The zero-order chi connectivity index (χ0) is 18.6. The summed E-state index contributed by atoms with van der Waals surface area (Å²) in [5.74, 6) is -0.328. The summed E-state index contributed by atoms with van der Waals surface area (Å²) in [7, 11) is 1.63. The molecule has 0 saturated carbocycles. The molecule has 0 atom stereocenters. The molecule has 2 rings (SSSR count). The first kappa shape index (κ1) is 20.1. The van der Waals surface area contributed by atoms with Crippen LogP contribution < -0.4 is 10.6 Å². The number of carbonyl (C=O) groups excluding carboxylic acids is 2. The number of imide groups is 1. The van der Waals surface area contributed by atoms with E-state index < -0.39 is 6.03 Å². The topological polar surface area (TPSA) is 70.7 Å². The molecule has 7 heteroatoms. The Labute approximate surface area is 158 Å². The molecular formula is C19H25N3O3S. The number of methoxy groups -OCH3 is 1. The van der Waals surface area contributed by atoms with E-state index in [-0.39, 0.29) is 12.5 Å². The molecule has 26 heavy (non-hydrogen) atoms. The average Bonchev–Trinajstić information content (AvgIpc) is 3.14. The summed E-state index contributed by atoms with van der Waals surface area (Å²) < 4.78 is 5.11. The van der Waals surface area contributed by atoms with Crippen LogP contribution in [0, 0.1) is 0 Å². The number of rotatable bonds is 10. The molecule has 2 aromatic rings. The molecule has 1 aromatic carbocycles. The van der Waals surface area contributed by atoms with Gasteiger partial charge < -0.3 is 10.1 Å². The van der Waals surface area contributed by atoms with Gasteiger partial charge in [-0.05, 0) is 23.4 Å². The van der Waals surface area contributed by atoms with E-state index in [4.69, 9.17) is 4.74 Å². The highest BCUT2D eigenvalue weighted by molar-refractivity contribution is 7.09. The van der Waals surface area contributed by atoms with Gasteiger partial charge in [0.2, 0.25) is 5.91 Å². The predicted molar refractivity (Wildman–Crippen MR) is 103 cm³/mol. The fourth-order valence-electron chi connectivity index (χ4n) is 2.44. The van der Waals surface area contributed by atoms with Gasteiger partial charge in [-0.3, -0.25) is 15.0 Å². The molecule has 0 aliphatic heterocycles. The van der Waals surface area contributed by atoms with Crippen LogP contribution in [0.1, 0.15) is 10.4 Å². The van der Waals surface area contributed by atoms with E-state index in [1.807, 2.05) is 52.7 Å². The van der Waals surface area contributed by atoms with E-state index in [1.165, 1.54) is 4.88 Å². The summed E-state index contributed by atoms with van der Waals surface area (Å²) in [5, 5.41) is 7.10. The van der Waals surface area contributed by atoms with Gasteiger partial charge in [0, 0.05) is 31.6 Å². The number of thiophene rings is 1. The highest BCUT2D eigenvalue weighted by Crippen LogP contribution is 2.08. The molecular weight excluding hydrogens is 350 g/mol. The number of benzene rings is 1. The lowest BCUT2D eigenvalue weighted by atomic mass is 10.2. The number of nitrogens with one attached hydrogen (secondary N) is 2. The molecule has 0 radical (unpaired) electrons. The lowest BCUT2D eigenvalue weighted by Crippen LogP contribution is -2.45. The van der Waals surface area contributed by atoms with E-state index >= 15 is 0 Å². The SMILES string of the molecule is COCCN(CC(=O)NC(=O)NCCc1cccs1)Cc1ccccc1. The van der Waals surface area contributed by atoms with E-state index in [0.29, 0.717) is 26.2 Å². The summed E-state index contributed by atoms with van der Waals surface area (Å²) >= 11 is 1.65. The van der Waals surface area contributed by atoms with Gasteiger partial charge in [-0.25, -0.2) is 4.79 Å². The second kappa shape index (κ2) is 11.4. The van der Waals surface area contributed by atoms with E-state index in [9.17, 15) is 9.59 Å². The highest BCUT2D eigenvalue weighted by Gasteiger charge is 2.13. The largest absolute Gasteiger partial charge is 0.383 e. The predicted octanol–water partition coefficient (Wildman–Crippen LogP) is 2.27. The van der Waals surface area contributed by atoms with Crippen molar-refractivity contribution in [3.63, 3.8) is 0 Å². The van der Waals surface area contributed by atoms with Crippen molar-refractivity contribution < 1.29 is 14.3 Å². The summed E-state index contributed by atoms with van der Waals surface area (Å²) in [6.45, 7) is 2.39. The molecule has 0 aliphatic carbocycles. The van der Waals surface area contributed by atoms with Crippen LogP contribution in [0.15, 0.2) is 47.8 Å². The van der Waals surface area contributed by atoms with Gasteiger partial charge in [0.1, 0.15) is 0 Å². The fourth-order valence-corrected chi connectivity index (χ4v) is 3.15. The Morgan fingerprint density at radius 2 is 1.96 bits per heavy atom. The molecule has 0 spiro atoms. The summed E-state index contributed by atoms with van der Waals surface area (Å²) in [6.07, 6.45) is 0.757. The van der Waals surface area contributed by atoms with Crippen LogP contribution in [-0.4, -0.2) is 50.2 Å². The molecule has 2 N–H and O–H groups in total. The maximum absolute atomic E-state index is 12.2. The molecule has 0 aliphatic rings. The Balaban J connectivity index is 1.75. The third-order valence-corrected chi connectivity index (χ3v) is 4.65. The average molecular weight is 375 g/mol. The standard InChI is InChI=1S/C19H25N3O3S/c1-25-12-11-22(14-16-6-3-2-4-7-16)15-18(23)21-19(24)20-10-9-17-8-5-13-26-17/h2-8,13H,9-12,14-15H2,1H3,(H2,20,21,23,24). The van der Waals surface area contributed by atoms with Gasteiger partial charge in [0.25, 0.3) is 0 Å². The lowest BCUT2D eigenvalue weighted by molar-refractivity contribution is -0.121. The molecule has 1 heterocycles. The van der Waals surface area contributed by atoms with Gasteiger partial charge in [-0.1, -0.05) is 36.4 Å². The van der Waals surface area contributed by atoms with Gasteiger partial charge >= 0.3 is 6.03 Å². The number of ether oxygens (including phenoxy) is 1. The van der Waals surface area contributed by atoms with Crippen molar-refractivity contribution in [3.05, 3.63) is 58.3 Å². The van der Waals surface area contributed by atoms with E-state index in [0.717, 1.165) is 12.0 Å². The molecule has 6 nitrogen and oxygen atoms in total. The van der Waals surface area contributed by atoms with E-state index in [1.54, 1.807) is 18.4 Å². The lowest BCUT2D eigenvalue weighted by Gasteiger charge is -2.21. The quantitative estimate of drug-likeness (QED) is 0.668. The van der Waals surface area contributed by atoms with Crippen molar-refractivity contribution >= 4 is 23.3 Å². The monoisotopic (exact) mass is 375 g/mol. The van der Waals surface area contributed by atoms with Crippen molar-refractivity contribution in [2.45, 2.75) is 13.0 Å². The van der Waals surface area contributed by atoms with Crippen molar-refractivity contribution in [2.24, 2.45) is 0 Å². The van der Waals surface area contributed by atoms with Gasteiger partial charge in [-0.2, -0.15) is 0 Å². The third-order valence-electron chi connectivity index (χ3n) is 3.72. The second-order valence-corrected chi connectivity index (χ2v) is 6.85. The maximum atomic E-state index is 12.2. The van der Waals surface area contributed by atoms with Gasteiger partial charge in [0.05, 0.1) is 13.2 Å². The van der Waals surface area contributed by atoms with Crippen LogP contribution in [-0.2, 0) is 22.5 Å². The first-order valence-corrected chi connectivity index (χ1v) is 9.40. The minimum atomic E-state index is -0.460. The summed E-state index contributed by atoms with van der Waals surface area (Å²) in [5.41, 5.74) is 1.11. The highest BCUT2D eigenvalue weighted by atomic mass is 32.1. The van der Waals surface area contributed by atoms with Crippen molar-refractivity contribution in [1.82, 2.24) is 15.5 Å². The van der Waals surface area contributed by atoms with Crippen LogP contribution >= 0.6 is 11.3 Å². The van der Waals surface area contributed by atoms with Crippen LogP contribution in [0.25, 0.3) is 0 Å². The normalized spacial score (nSPS) is 10.7. The van der Waals surface area contributed by atoms with Crippen molar-refractivity contribution in [3.8, 4) is 0 Å². The molecule has 140 valence electrons. The Kier molecular flexibility index (Phi) is 8.82. The Morgan fingerprint density at radius 3 is 2.65 bits per heavy atom.